The summed E-state index contributed by atoms with van der Waals surface area (Å²) in [6, 6.07) is -0.615. The first-order valence-electron chi connectivity index (χ1n) is 7.20. The monoisotopic (exact) mass is 270 g/mol. The SMILES string of the molecule is CC[C@@H](C(=O)N[C@@H](CO)CC(C)C)N1CCCC1=O. The van der Waals surface area contributed by atoms with E-state index in [0.29, 0.717) is 25.3 Å². The zero-order chi connectivity index (χ0) is 14.4. The largest absolute Gasteiger partial charge is 0.394 e. The molecule has 0 aliphatic carbocycles. The van der Waals surface area contributed by atoms with Gasteiger partial charge in [-0.15, -0.1) is 0 Å². The first-order chi connectivity index (χ1) is 8.99. The number of carbonyl (C=O) groups is 2. The molecular weight excluding hydrogens is 244 g/mol. The third kappa shape index (κ3) is 4.49. The number of amides is 2. The zero-order valence-electron chi connectivity index (χ0n) is 12.2. The minimum absolute atomic E-state index is 0.0612. The third-order valence-corrected chi connectivity index (χ3v) is 3.50. The fourth-order valence-corrected chi connectivity index (χ4v) is 2.59. The van der Waals surface area contributed by atoms with Crippen LogP contribution in [-0.2, 0) is 9.59 Å². The average molecular weight is 270 g/mol. The Balaban J connectivity index is 2.60. The highest BCUT2D eigenvalue weighted by atomic mass is 16.3. The van der Waals surface area contributed by atoms with Gasteiger partial charge < -0.3 is 15.3 Å². The van der Waals surface area contributed by atoms with Crippen LogP contribution >= 0.6 is 0 Å². The fraction of sp³-hybridized carbons (Fsp3) is 0.857. The van der Waals surface area contributed by atoms with Crippen LogP contribution in [0.2, 0.25) is 0 Å². The van der Waals surface area contributed by atoms with Gasteiger partial charge in [0.2, 0.25) is 11.8 Å². The first kappa shape index (κ1) is 16.0. The molecule has 0 aromatic carbocycles. The Labute approximate surface area is 115 Å². The van der Waals surface area contributed by atoms with Gasteiger partial charge in [0.05, 0.1) is 12.6 Å². The van der Waals surface area contributed by atoms with Gasteiger partial charge in [-0.1, -0.05) is 20.8 Å². The van der Waals surface area contributed by atoms with Crippen molar-refractivity contribution in [2.75, 3.05) is 13.2 Å². The molecule has 1 rings (SSSR count). The van der Waals surface area contributed by atoms with Crippen LogP contribution in [0.15, 0.2) is 0 Å². The summed E-state index contributed by atoms with van der Waals surface area (Å²) >= 11 is 0. The molecule has 0 unspecified atom stereocenters. The van der Waals surface area contributed by atoms with E-state index in [9.17, 15) is 14.7 Å². The molecule has 0 aromatic heterocycles. The predicted molar refractivity (Wildman–Crippen MR) is 73.5 cm³/mol. The maximum absolute atomic E-state index is 12.2. The van der Waals surface area contributed by atoms with E-state index < -0.39 is 6.04 Å². The molecule has 5 nitrogen and oxygen atoms in total. The summed E-state index contributed by atoms with van der Waals surface area (Å²) < 4.78 is 0. The van der Waals surface area contributed by atoms with E-state index in [2.05, 4.69) is 19.2 Å². The van der Waals surface area contributed by atoms with Crippen LogP contribution in [0.3, 0.4) is 0 Å². The van der Waals surface area contributed by atoms with Crippen molar-refractivity contribution in [3.8, 4) is 0 Å². The molecule has 0 aromatic rings. The highest BCUT2D eigenvalue weighted by Gasteiger charge is 2.32. The fourth-order valence-electron chi connectivity index (χ4n) is 2.59. The lowest BCUT2D eigenvalue weighted by Gasteiger charge is -2.28. The predicted octanol–water partition coefficient (Wildman–Crippen LogP) is 0.911. The number of likely N-dealkylation sites (tertiary alicyclic amines) is 1. The topological polar surface area (TPSA) is 69.6 Å². The van der Waals surface area contributed by atoms with Gasteiger partial charge in [-0.05, 0) is 25.2 Å². The van der Waals surface area contributed by atoms with Crippen molar-refractivity contribution in [3.05, 3.63) is 0 Å². The maximum Gasteiger partial charge on any atom is 0.243 e. The van der Waals surface area contributed by atoms with E-state index in [0.717, 1.165) is 12.8 Å². The van der Waals surface area contributed by atoms with Crippen molar-refractivity contribution in [2.24, 2.45) is 5.92 Å². The normalized spacial score (nSPS) is 18.8. The van der Waals surface area contributed by atoms with Crippen LogP contribution in [-0.4, -0.2) is 47.1 Å². The van der Waals surface area contributed by atoms with Gasteiger partial charge in [-0.2, -0.15) is 0 Å². The summed E-state index contributed by atoms with van der Waals surface area (Å²) in [6.07, 6.45) is 2.72. The van der Waals surface area contributed by atoms with E-state index >= 15 is 0 Å². The molecule has 1 saturated heterocycles. The molecule has 110 valence electrons. The molecule has 5 heteroatoms. The van der Waals surface area contributed by atoms with Crippen molar-refractivity contribution >= 4 is 11.8 Å². The van der Waals surface area contributed by atoms with E-state index in [4.69, 9.17) is 0 Å². The van der Waals surface area contributed by atoms with E-state index in [-0.39, 0.29) is 24.5 Å². The second-order valence-electron chi connectivity index (χ2n) is 5.63. The molecule has 1 heterocycles. The van der Waals surface area contributed by atoms with Crippen molar-refractivity contribution < 1.29 is 14.7 Å². The highest BCUT2D eigenvalue weighted by molar-refractivity contribution is 5.88. The molecule has 19 heavy (non-hydrogen) atoms. The second-order valence-corrected chi connectivity index (χ2v) is 5.63. The second kappa shape index (κ2) is 7.48. The zero-order valence-corrected chi connectivity index (χ0v) is 12.2. The first-order valence-corrected chi connectivity index (χ1v) is 7.20. The summed E-state index contributed by atoms with van der Waals surface area (Å²) in [6.45, 7) is 6.62. The maximum atomic E-state index is 12.2. The summed E-state index contributed by atoms with van der Waals surface area (Å²) in [7, 11) is 0. The van der Waals surface area contributed by atoms with Gasteiger partial charge in [0.25, 0.3) is 0 Å². The number of nitrogens with one attached hydrogen (secondary N) is 1. The van der Waals surface area contributed by atoms with E-state index in [1.807, 2.05) is 6.92 Å². The summed E-state index contributed by atoms with van der Waals surface area (Å²) in [5.74, 6) is 0.329. The number of aliphatic hydroxyl groups excluding tert-OH is 1. The molecular formula is C14H26N2O3. The van der Waals surface area contributed by atoms with Gasteiger partial charge in [0.1, 0.15) is 6.04 Å². The van der Waals surface area contributed by atoms with Crippen LogP contribution in [0.25, 0.3) is 0 Å². The Morgan fingerprint density at radius 3 is 2.58 bits per heavy atom. The van der Waals surface area contributed by atoms with Crippen molar-refractivity contribution in [1.82, 2.24) is 10.2 Å². The van der Waals surface area contributed by atoms with Crippen LogP contribution in [0.1, 0.15) is 46.5 Å². The quantitative estimate of drug-likeness (QED) is 0.722. The molecule has 2 N–H and O–H groups in total. The Hall–Kier alpha value is -1.10. The molecule has 2 atom stereocenters. The molecule has 1 aliphatic rings. The van der Waals surface area contributed by atoms with Gasteiger partial charge in [-0.25, -0.2) is 0 Å². The van der Waals surface area contributed by atoms with Gasteiger partial charge in [0.15, 0.2) is 0 Å². The van der Waals surface area contributed by atoms with Crippen LogP contribution in [0.4, 0.5) is 0 Å². The number of carbonyl (C=O) groups excluding carboxylic acids is 2. The number of hydrogen-bond donors (Lipinski definition) is 2. The smallest absolute Gasteiger partial charge is 0.243 e. The van der Waals surface area contributed by atoms with Crippen LogP contribution < -0.4 is 5.32 Å². The van der Waals surface area contributed by atoms with Crippen molar-refractivity contribution in [3.63, 3.8) is 0 Å². The minimum Gasteiger partial charge on any atom is -0.394 e. The van der Waals surface area contributed by atoms with Crippen molar-refractivity contribution in [1.29, 1.82) is 0 Å². The minimum atomic E-state index is -0.392. The number of hydrogen-bond acceptors (Lipinski definition) is 3. The molecule has 0 spiro atoms. The number of rotatable bonds is 7. The Bertz CT molecular complexity index is 318. The lowest BCUT2D eigenvalue weighted by molar-refractivity contribution is -0.138. The highest BCUT2D eigenvalue weighted by Crippen LogP contribution is 2.16. The summed E-state index contributed by atoms with van der Waals surface area (Å²) in [4.78, 5) is 25.6. The van der Waals surface area contributed by atoms with Gasteiger partial charge >= 0.3 is 0 Å². The average Bonchev–Trinajstić information content (AvgIpc) is 2.75. The third-order valence-electron chi connectivity index (χ3n) is 3.50. The Morgan fingerprint density at radius 1 is 1.47 bits per heavy atom. The van der Waals surface area contributed by atoms with E-state index in [1.54, 1.807) is 4.90 Å². The van der Waals surface area contributed by atoms with Gasteiger partial charge in [0, 0.05) is 13.0 Å². The number of nitrogens with zero attached hydrogens (tertiary/aromatic N) is 1. The summed E-state index contributed by atoms with van der Waals surface area (Å²) in [5, 5.41) is 12.2. The Kier molecular flexibility index (Phi) is 6.28. The standard InChI is InChI=1S/C14H26N2O3/c1-4-12(16-7-5-6-13(16)18)14(19)15-11(9-17)8-10(2)3/h10-12,17H,4-9H2,1-3H3,(H,15,19)/t11-,12+/m1/s1. The number of aliphatic hydroxyl groups is 1. The molecule has 1 fully saturated rings. The van der Waals surface area contributed by atoms with Crippen LogP contribution in [0, 0.1) is 5.92 Å². The van der Waals surface area contributed by atoms with E-state index in [1.165, 1.54) is 0 Å². The van der Waals surface area contributed by atoms with Crippen molar-refractivity contribution in [2.45, 2.75) is 58.5 Å². The molecule has 0 saturated carbocycles. The molecule has 1 aliphatic heterocycles. The Morgan fingerprint density at radius 2 is 2.16 bits per heavy atom. The lowest BCUT2D eigenvalue weighted by atomic mass is 10.0. The lowest BCUT2D eigenvalue weighted by Crippen LogP contribution is -2.51. The molecule has 2 amide bonds. The van der Waals surface area contributed by atoms with Gasteiger partial charge in [-0.3, -0.25) is 9.59 Å². The van der Waals surface area contributed by atoms with Crippen LogP contribution in [0.5, 0.6) is 0 Å². The summed E-state index contributed by atoms with van der Waals surface area (Å²) in [5.41, 5.74) is 0. The molecule has 0 radical (unpaired) electrons. The molecule has 0 bridgehead atoms.